The van der Waals surface area contributed by atoms with Crippen molar-refractivity contribution in [1.82, 2.24) is 15.0 Å². The summed E-state index contributed by atoms with van der Waals surface area (Å²) in [6.45, 7) is 0. The fourth-order valence-corrected chi connectivity index (χ4v) is 3.60. The van der Waals surface area contributed by atoms with E-state index >= 15 is 0 Å². The molecular weight excluding hydrogens is 393 g/mol. The summed E-state index contributed by atoms with van der Waals surface area (Å²) in [4.78, 5) is 15.2. The van der Waals surface area contributed by atoms with Crippen LogP contribution in [0.5, 0.6) is 0 Å². The van der Waals surface area contributed by atoms with E-state index in [9.17, 15) is 0 Å². The Balaban J connectivity index is 2.00. The summed E-state index contributed by atoms with van der Waals surface area (Å²) in [6.07, 6.45) is 1.42. The molecule has 0 saturated heterocycles. The van der Waals surface area contributed by atoms with Crippen molar-refractivity contribution in [1.29, 1.82) is 0 Å². The Labute approximate surface area is 172 Å². The van der Waals surface area contributed by atoms with Crippen LogP contribution in [0.15, 0.2) is 54.9 Å². The predicted molar refractivity (Wildman–Crippen MR) is 117 cm³/mol. The van der Waals surface area contributed by atoms with Crippen molar-refractivity contribution >= 4 is 45.7 Å². The molecule has 7 heteroatoms. The maximum Gasteiger partial charge on any atom is 0.165 e. The molecule has 0 bridgehead atoms. The number of fused-ring (bicyclic) bond motifs is 1. The minimum absolute atomic E-state index is 0.376. The van der Waals surface area contributed by atoms with E-state index in [2.05, 4.69) is 9.97 Å². The van der Waals surface area contributed by atoms with Crippen LogP contribution in [0.4, 0.5) is 11.5 Å². The lowest BCUT2D eigenvalue weighted by Crippen LogP contribution is -2.08. The van der Waals surface area contributed by atoms with Gasteiger partial charge in [0, 0.05) is 41.0 Å². The monoisotopic (exact) mass is 409 g/mol. The van der Waals surface area contributed by atoms with Crippen molar-refractivity contribution in [3.63, 3.8) is 0 Å². The average molecular weight is 410 g/mol. The third-order valence-electron chi connectivity index (χ3n) is 4.49. The van der Waals surface area contributed by atoms with E-state index < -0.39 is 0 Å². The summed E-state index contributed by atoms with van der Waals surface area (Å²) < 4.78 is 0. The number of hydrogen-bond donors (Lipinski definition) is 1. The van der Waals surface area contributed by atoms with E-state index in [1.54, 1.807) is 6.07 Å². The van der Waals surface area contributed by atoms with E-state index in [4.69, 9.17) is 33.9 Å². The van der Waals surface area contributed by atoms with Gasteiger partial charge in [-0.15, -0.1) is 0 Å². The van der Waals surface area contributed by atoms with Crippen LogP contribution in [0.3, 0.4) is 0 Å². The Kier molecular flexibility index (Phi) is 4.79. The number of pyridine rings is 1. The third kappa shape index (κ3) is 3.46. The second-order valence-electron chi connectivity index (χ2n) is 6.61. The fraction of sp³-hybridized carbons (Fsp3) is 0.0952. The molecule has 0 fully saturated rings. The van der Waals surface area contributed by atoms with Gasteiger partial charge in [0.15, 0.2) is 5.65 Å². The van der Waals surface area contributed by atoms with Crippen LogP contribution >= 0.6 is 23.2 Å². The molecule has 0 aliphatic carbocycles. The highest BCUT2D eigenvalue weighted by Crippen LogP contribution is 2.36. The van der Waals surface area contributed by atoms with Crippen LogP contribution in [0.1, 0.15) is 0 Å². The third-order valence-corrected chi connectivity index (χ3v) is 4.92. The Hall–Kier alpha value is -2.89. The molecule has 0 aliphatic rings. The quantitative estimate of drug-likeness (QED) is 0.496. The van der Waals surface area contributed by atoms with Gasteiger partial charge in [-0.2, -0.15) is 0 Å². The van der Waals surface area contributed by atoms with Crippen LogP contribution in [-0.4, -0.2) is 29.0 Å². The molecule has 0 spiro atoms. The van der Waals surface area contributed by atoms with Crippen LogP contribution < -0.4 is 10.6 Å². The van der Waals surface area contributed by atoms with Gasteiger partial charge in [-0.3, -0.25) is 0 Å². The van der Waals surface area contributed by atoms with Gasteiger partial charge < -0.3 is 10.6 Å². The Morgan fingerprint density at radius 2 is 1.54 bits per heavy atom. The summed E-state index contributed by atoms with van der Waals surface area (Å²) in [5, 5.41) is 1.78. The summed E-state index contributed by atoms with van der Waals surface area (Å²) in [5.41, 5.74) is 11.1. The van der Waals surface area contributed by atoms with E-state index in [0.717, 1.165) is 28.1 Å². The molecule has 2 aromatic carbocycles. The molecule has 0 unspecified atom stereocenters. The molecule has 2 N–H and O–H groups in total. The topological polar surface area (TPSA) is 67.9 Å². The number of hydrogen-bond acceptors (Lipinski definition) is 5. The van der Waals surface area contributed by atoms with Gasteiger partial charge in [-0.05, 0) is 42.0 Å². The Morgan fingerprint density at radius 1 is 0.857 bits per heavy atom. The van der Waals surface area contributed by atoms with Gasteiger partial charge in [0.05, 0.1) is 11.1 Å². The van der Waals surface area contributed by atoms with E-state index in [-0.39, 0.29) is 0 Å². The molecule has 2 aromatic heterocycles. The summed E-state index contributed by atoms with van der Waals surface area (Å²) >= 11 is 12.5. The lowest BCUT2D eigenvalue weighted by Gasteiger charge is -2.15. The zero-order valence-electron chi connectivity index (χ0n) is 15.3. The molecule has 2 heterocycles. The second kappa shape index (κ2) is 7.26. The smallest absolute Gasteiger partial charge is 0.165 e. The maximum absolute atomic E-state index is 6.24. The van der Waals surface area contributed by atoms with Gasteiger partial charge in [0.1, 0.15) is 12.1 Å². The standard InChI is InChI=1S/C21H17Cl2N5/c1-28(2)16-5-3-12(4-6-16)19-17(13-7-14(22)9-15(23)8-13)10-18-20(24)25-11-26-21(18)27-19/h3-11H,1-2H3,(H2,24,25,26,27). The minimum Gasteiger partial charge on any atom is -0.383 e. The van der Waals surface area contributed by atoms with Crippen molar-refractivity contribution in [2.45, 2.75) is 0 Å². The molecule has 0 saturated carbocycles. The van der Waals surface area contributed by atoms with E-state index in [1.807, 2.05) is 61.5 Å². The number of rotatable bonds is 3. The zero-order chi connectivity index (χ0) is 19.8. The van der Waals surface area contributed by atoms with Crippen LogP contribution in [0.2, 0.25) is 10.0 Å². The predicted octanol–water partition coefficient (Wildman–Crippen LogP) is 5.31. The first-order valence-corrected chi connectivity index (χ1v) is 9.33. The number of nitrogens with two attached hydrogens (primary N) is 1. The molecule has 140 valence electrons. The highest BCUT2D eigenvalue weighted by molar-refractivity contribution is 6.35. The van der Waals surface area contributed by atoms with Gasteiger partial charge in [-0.1, -0.05) is 35.3 Å². The number of nitrogen functional groups attached to an aromatic ring is 1. The van der Waals surface area contributed by atoms with Crippen molar-refractivity contribution in [3.05, 3.63) is 64.9 Å². The molecule has 0 aliphatic heterocycles. The number of halogens is 2. The molecule has 4 rings (SSSR count). The number of aromatic nitrogens is 3. The summed E-state index contributed by atoms with van der Waals surface area (Å²) in [5.74, 6) is 0.376. The largest absolute Gasteiger partial charge is 0.383 e. The zero-order valence-corrected chi connectivity index (χ0v) is 16.8. The highest BCUT2D eigenvalue weighted by atomic mass is 35.5. The lowest BCUT2D eigenvalue weighted by atomic mass is 9.98. The molecule has 28 heavy (non-hydrogen) atoms. The van der Waals surface area contributed by atoms with Crippen LogP contribution in [0.25, 0.3) is 33.4 Å². The van der Waals surface area contributed by atoms with E-state index in [0.29, 0.717) is 26.9 Å². The van der Waals surface area contributed by atoms with Crippen molar-refractivity contribution < 1.29 is 0 Å². The van der Waals surface area contributed by atoms with Crippen LogP contribution in [0, 0.1) is 0 Å². The number of benzene rings is 2. The minimum atomic E-state index is 0.376. The van der Waals surface area contributed by atoms with Crippen LogP contribution in [-0.2, 0) is 0 Å². The Bertz CT molecular complexity index is 1150. The number of nitrogens with zero attached hydrogens (tertiary/aromatic N) is 4. The van der Waals surface area contributed by atoms with Gasteiger partial charge in [-0.25, -0.2) is 15.0 Å². The first-order chi connectivity index (χ1) is 13.4. The molecular formula is C21H17Cl2N5. The highest BCUT2D eigenvalue weighted by Gasteiger charge is 2.15. The molecule has 5 nitrogen and oxygen atoms in total. The first kappa shape index (κ1) is 18.5. The molecule has 4 aromatic rings. The van der Waals surface area contributed by atoms with Crippen molar-refractivity contribution in [2.24, 2.45) is 0 Å². The molecule has 0 radical (unpaired) electrons. The number of anilines is 2. The summed E-state index contributed by atoms with van der Waals surface area (Å²) in [6, 6.07) is 15.5. The van der Waals surface area contributed by atoms with Gasteiger partial charge >= 0.3 is 0 Å². The second-order valence-corrected chi connectivity index (χ2v) is 7.49. The van der Waals surface area contributed by atoms with Gasteiger partial charge in [0.25, 0.3) is 0 Å². The van der Waals surface area contributed by atoms with Crippen molar-refractivity contribution in [2.75, 3.05) is 24.7 Å². The fourth-order valence-electron chi connectivity index (χ4n) is 3.07. The normalized spacial score (nSPS) is 11.0. The van der Waals surface area contributed by atoms with Gasteiger partial charge in [0.2, 0.25) is 0 Å². The SMILES string of the molecule is CN(C)c1ccc(-c2nc3ncnc(N)c3cc2-c2cc(Cl)cc(Cl)c2)cc1. The Morgan fingerprint density at radius 3 is 2.18 bits per heavy atom. The molecule has 0 atom stereocenters. The van der Waals surface area contributed by atoms with Crippen molar-refractivity contribution in [3.8, 4) is 22.4 Å². The maximum atomic E-state index is 6.24. The first-order valence-electron chi connectivity index (χ1n) is 8.58. The lowest BCUT2D eigenvalue weighted by molar-refractivity contribution is 1.13. The average Bonchev–Trinajstić information content (AvgIpc) is 2.67. The molecule has 0 amide bonds. The summed E-state index contributed by atoms with van der Waals surface area (Å²) in [7, 11) is 4.00. The van der Waals surface area contributed by atoms with E-state index in [1.165, 1.54) is 6.33 Å².